The summed E-state index contributed by atoms with van der Waals surface area (Å²) >= 11 is 5.38. The number of nitrogens with one attached hydrogen (secondary N) is 1. The van der Waals surface area contributed by atoms with Crippen LogP contribution in [0.4, 0.5) is 0 Å². The molecule has 0 spiro atoms. The normalized spacial score (nSPS) is 22.9. The van der Waals surface area contributed by atoms with Crippen LogP contribution in [0.2, 0.25) is 0 Å². The average Bonchev–Trinajstić information content (AvgIpc) is 2.26. The quantitative estimate of drug-likeness (QED) is 0.735. The fourth-order valence-electron chi connectivity index (χ4n) is 1.92. The summed E-state index contributed by atoms with van der Waals surface area (Å²) in [7, 11) is 2.20. The minimum atomic E-state index is 0.653. The second-order valence-corrected chi connectivity index (χ2v) is 4.61. The lowest BCUT2D eigenvalue weighted by atomic mass is 10.1. The van der Waals surface area contributed by atoms with Crippen molar-refractivity contribution in [3.8, 4) is 0 Å². The molecule has 0 aromatic carbocycles. The molecule has 1 rings (SSSR count). The zero-order valence-corrected chi connectivity index (χ0v) is 10.9. The van der Waals surface area contributed by atoms with Crippen LogP contribution in [0.1, 0.15) is 26.7 Å². The molecule has 0 aromatic rings. The van der Waals surface area contributed by atoms with Crippen LogP contribution in [0.3, 0.4) is 0 Å². The Morgan fingerprint density at radius 2 is 2.13 bits per heavy atom. The minimum Gasteiger partial charge on any atom is -0.363 e. The van der Waals surface area contributed by atoms with E-state index in [9.17, 15) is 0 Å². The summed E-state index contributed by atoms with van der Waals surface area (Å²) < 4.78 is 0. The average molecular weight is 229 g/mol. The molecule has 0 saturated carbocycles. The van der Waals surface area contributed by atoms with Gasteiger partial charge in [0.15, 0.2) is 5.11 Å². The first-order valence-corrected chi connectivity index (χ1v) is 6.32. The van der Waals surface area contributed by atoms with Crippen LogP contribution in [0, 0.1) is 0 Å². The highest BCUT2D eigenvalue weighted by atomic mass is 32.1. The van der Waals surface area contributed by atoms with E-state index >= 15 is 0 Å². The third-order valence-corrected chi connectivity index (χ3v) is 3.46. The van der Waals surface area contributed by atoms with Crippen LogP contribution in [-0.4, -0.2) is 54.2 Å². The number of likely N-dealkylation sites (N-methyl/N-ethyl adjacent to an activating group) is 1. The zero-order chi connectivity index (χ0) is 11.3. The molecule has 1 fully saturated rings. The second-order valence-electron chi connectivity index (χ2n) is 4.22. The molecule has 0 bridgehead atoms. The highest BCUT2D eigenvalue weighted by molar-refractivity contribution is 7.80. The van der Waals surface area contributed by atoms with Crippen molar-refractivity contribution in [2.24, 2.45) is 0 Å². The maximum absolute atomic E-state index is 5.38. The molecular weight excluding hydrogens is 206 g/mol. The summed E-state index contributed by atoms with van der Waals surface area (Å²) in [5, 5.41) is 4.23. The van der Waals surface area contributed by atoms with Gasteiger partial charge in [0.25, 0.3) is 0 Å². The Labute approximate surface area is 98.8 Å². The predicted molar refractivity (Wildman–Crippen MR) is 69.2 cm³/mol. The van der Waals surface area contributed by atoms with Crippen LogP contribution in [-0.2, 0) is 0 Å². The van der Waals surface area contributed by atoms with Gasteiger partial charge in [0.05, 0.1) is 0 Å². The fourth-order valence-corrected chi connectivity index (χ4v) is 2.18. The summed E-state index contributed by atoms with van der Waals surface area (Å²) in [6.07, 6.45) is 2.33. The number of hydrogen-bond donors (Lipinski definition) is 1. The van der Waals surface area contributed by atoms with Crippen molar-refractivity contribution >= 4 is 17.3 Å². The maximum atomic E-state index is 5.38. The van der Waals surface area contributed by atoms with Crippen LogP contribution < -0.4 is 5.32 Å². The van der Waals surface area contributed by atoms with Gasteiger partial charge in [0, 0.05) is 32.2 Å². The van der Waals surface area contributed by atoms with Gasteiger partial charge in [-0.05, 0) is 32.1 Å². The molecule has 1 heterocycles. The molecule has 1 saturated heterocycles. The van der Waals surface area contributed by atoms with E-state index in [2.05, 4.69) is 36.0 Å². The lowest BCUT2D eigenvalue weighted by molar-refractivity contribution is 0.137. The first kappa shape index (κ1) is 12.7. The van der Waals surface area contributed by atoms with Crippen LogP contribution in [0.15, 0.2) is 0 Å². The summed E-state index contributed by atoms with van der Waals surface area (Å²) in [5.41, 5.74) is 0. The van der Waals surface area contributed by atoms with Crippen molar-refractivity contribution in [1.82, 2.24) is 15.1 Å². The SMILES string of the molecule is CCCNC(=S)N1CCN(C)C(CC)C1. The van der Waals surface area contributed by atoms with Gasteiger partial charge in [0.2, 0.25) is 0 Å². The van der Waals surface area contributed by atoms with Crippen molar-refractivity contribution < 1.29 is 0 Å². The van der Waals surface area contributed by atoms with Gasteiger partial charge in [-0.25, -0.2) is 0 Å². The Balaban J connectivity index is 2.40. The highest BCUT2D eigenvalue weighted by Crippen LogP contribution is 2.10. The van der Waals surface area contributed by atoms with Crippen LogP contribution >= 0.6 is 12.2 Å². The van der Waals surface area contributed by atoms with Crippen molar-refractivity contribution in [3.05, 3.63) is 0 Å². The third-order valence-electron chi connectivity index (χ3n) is 3.06. The molecule has 0 radical (unpaired) electrons. The molecule has 1 atom stereocenters. The lowest BCUT2D eigenvalue weighted by Crippen LogP contribution is -2.55. The number of rotatable bonds is 3. The van der Waals surface area contributed by atoms with Gasteiger partial charge < -0.3 is 10.2 Å². The molecule has 3 nitrogen and oxygen atoms in total. The van der Waals surface area contributed by atoms with Crippen molar-refractivity contribution in [2.75, 3.05) is 33.2 Å². The van der Waals surface area contributed by atoms with Gasteiger partial charge in [-0.1, -0.05) is 13.8 Å². The monoisotopic (exact) mass is 229 g/mol. The molecule has 88 valence electrons. The highest BCUT2D eigenvalue weighted by Gasteiger charge is 2.23. The van der Waals surface area contributed by atoms with Gasteiger partial charge in [0.1, 0.15) is 0 Å². The fraction of sp³-hybridized carbons (Fsp3) is 0.909. The Morgan fingerprint density at radius 3 is 2.73 bits per heavy atom. The first-order valence-electron chi connectivity index (χ1n) is 5.92. The largest absolute Gasteiger partial charge is 0.363 e. The Morgan fingerprint density at radius 1 is 1.40 bits per heavy atom. The minimum absolute atomic E-state index is 0.653. The molecule has 0 amide bonds. The summed E-state index contributed by atoms with van der Waals surface area (Å²) in [4.78, 5) is 4.73. The number of piperazine rings is 1. The molecule has 1 aliphatic heterocycles. The van der Waals surface area contributed by atoms with E-state index in [-0.39, 0.29) is 0 Å². The first-order chi connectivity index (χ1) is 7.19. The molecule has 4 heteroatoms. The van der Waals surface area contributed by atoms with E-state index in [4.69, 9.17) is 12.2 Å². The molecule has 1 unspecified atom stereocenters. The van der Waals surface area contributed by atoms with E-state index in [0.717, 1.165) is 37.7 Å². The second kappa shape index (κ2) is 6.28. The van der Waals surface area contributed by atoms with Gasteiger partial charge in [-0.2, -0.15) is 0 Å². The lowest BCUT2D eigenvalue weighted by Gasteiger charge is -2.40. The number of nitrogens with zero attached hydrogens (tertiary/aromatic N) is 2. The number of thiocarbonyl (C=S) groups is 1. The standard InChI is InChI=1S/C11H23N3S/c1-4-6-12-11(15)14-8-7-13(3)10(5-2)9-14/h10H,4-9H2,1-3H3,(H,12,15). The summed E-state index contributed by atoms with van der Waals surface area (Å²) in [5.74, 6) is 0. The van der Waals surface area contributed by atoms with Gasteiger partial charge in [-0.15, -0.1) is 0 Å². The molecule has 1 aliphatic rings. The Hall–Kier alpha value is -0.350. The summed E-state index contributed by atoms with van der Waals surface area (Å²) in [6, 6.07) is 0.653. The number of hydrogen-bond acceptors (Lipinski definition) is 2. The predicted octanol–water partition coefficient (Wildman–Crippen LogP) is 1.30. The molecule has 1 N–H and O–H groups in total. The van der Waals surface area contributed by atoms with Crippen LogP contribution in [0.25, 0.3) is 0 Å². The Kier molecular flexibility index (Phi) is 5.32. The maximum Gasteiger partial charge on any atom is 0.169 e. The molecular formula is C11H23N3S. The van der Waals surface area contributed by atoms with Crippen LogP contribution in [0.5, 0.6) is 0 Å². The summed E-state index contributed by atoms with van der Waals surface area (Å²) in [6.45, 7) is 8.64. The van der Waals surface area contributed by atoms with Crippen molar-refractivity contribution in [1.29, 1.82) is 0 Å². The van der Waals surface area contributed by atoms with E-state index < -0.39 is 0 Å². The topological polar surface area (TPSA) is 18.5 Å². The molecule has 0 aromatic heterocycles. The van der Waals surface area contributed by atoms with E-state index in [0.29, 0.717) is 6.04 Å². The van der Waals surface area contributed by atoms with E-state index in [1.165, 1.54) is 6.42 Å². The molecule has 15 heavy (non-hydrogen) atoms. The molecule has 0 aliphatic carbocycles. The Bertz CT molecular complexity index is 208. The van der Waals surface area contributed by atoms with Crippen molar-refractivity contribution in [2.45, 2.75) is 32.7 Å². The smallest absolute Gasteiger partial charge is 0.169 e. The van der Waals surface area contributed by atoms with Gasteiger partial charge >= 0.3 is 0 Å². The van der Waals surface area contributed by atoms with E-state index in [1.54, 1.807) is 0 Å². The van der Waals surface area contributed by atoms with Gasteiger partial charge in [-0.3, -0.25) is 4.90 Å². The van der Waals surface area contributed by atoms with E-state index in [1.807, 2.05) is 0 Å². The third kappa shape index (κ3) is 3.61. The zero-order valence-electron chi connectivity index (χ0n) is 10.1. The van der Waals surface area contributed by atoms with Crippen molar-refractivity contribution in [3.63, 3.8) is 0 Å².